The van der Waals surface area contributed by atoms with Crippen molar-refractivity contribution in [2.75, 3.05) is 12.4 Å². The second-order valence-electron chi connectivity index (χ2n) is 6.12. The third kappa shape index (κ3) is 6.91. The Kier molecular flexibility index (Phi) is 10.5. The van der Waals surface area contributed by atoms with Crippen molar-refractivity contribution in [1.29, 1.82) is 0 Å². The molecule has 0 aliphatic rings. The van der Waals surface area contributed by atoms with Crippen molar-refractivity contribution < 1.29 is 49.0 Å². The summed E-state index contributed by atoms with van der Waals surface area (Å²) in [6.45, 7) is 3.76. The summed E-state index contributed by atoms with van der Waals surface area (Å²) in [5.74, 6) is -20.0. The van der Waals surface area contributed by atoms with E-state index in [0.29, 0.717) is 19.3 Å². The first-order chi connectivity index (χ1) is 12.7. The van der Waals surface area contributed by atoms with E-state index in [1.165, 1.54) is 0 Å². The maximum Gasteiger partial charge on any atom is 0.460 e. The van der Waals surface area contributed by atoms with Crippen LogP contribution in [-0.2, 0) is 9.53 Å². The van der Waals surface area contributed by atoms with E-state index < -0.39 is 48.0 Å². The van der Waals surface area contributed by atoms with Gasteiger partial charge in [0.25, 0.3) is 0 Å². The third-order valence-electron chi connectivity index (χ3n) is 3.72. The zero-order valence-corrected chi connectivity index (χ0v) is 16.2. The van der Waals surface area contributed by atoms with E-state index in [-0.39, 0.29) is 12.4 Å². The van der Waals surface area contributed by atoms with Crippen LogP contribution in [0.15, 0.2) is 0 Å². The molecule has 0 aromatic carbocycles. The topological polar surface area (TPSA) is 26.3 Å². The molecule has 0 amide bonds. The van der Waals surface area contributed by atoms with Crippen molar-refractivity contribution >= 4 is 17.7 Å². The number of halogens is 9. The predicted molar refractivity (Wildman–Crippen MR) is 87.2 cm³/mol. The van der Waals surface area contributed by atoms with Crippen LogP contribution in [0.2, 0.25) is 0 Å². The molecule has 1 unspecified atom stereocenters. The average Bonchev–Trinajstić information content (AvgIpc) is 2.56. The lowest BCUT2D eigenvalue weighted by Crippen LogP contribution is -2.60. The van der Waals surface area contributed by atoms with Crippen LogP contribution in [0, 0.1) is 0 Å². The SMILES string of the molecule is CCCCOC(=O)C(CCC)SCCCC(F)(F)C(F)(F)C(F)(F)C(F)(F)F. The number of rotatable bonds is 13. The molecule has 168 valence electrons. The van der Waals surface area contributed by atoms with Gasteiger partial charge in [0, 0.05) is 6.42 Å². The van der Waals surface area contributed by atoms with Crippen LogP contribution in [0.3, 0.4) is 0 Å². The van der Waals surface area contributed by atoms with Crippen molar-refractivity contribution in [2.45, 2.75) is 81.6 Å². The van der Waals surface area contributed by atoms with E-state index >= 15 is 0 Å². The van der Waals surface area contributed by atoms with Crippen molar-refractivity contribution in [2.24, 2.45) is 0 Å². The largest absolute Gasteiger partial charge is 0.465 e. The number of esters is 1. The van der Waals surface area contributed by atoms with E-state index in [9.17, 15) is 44.3 Å². The molecule has 0 aliphatic carbocycles. The van der Waals surface area contributed by atoms with Gasteiger partial charge in [0.2, 0.25) is 0 Å². The molecule has 0 N–H and O–H groups in total. The fourth-order valence-electron chi connectivity index (χ4n) is 2.03. The molecule has 0 spiro atoms. The maximum atomic E-state index is 13.4. The molecule has 0 radical (unpaired) electrons. The van der Waals surface area contributed by atoms with Crippen LogP contribution in [0.25, 0.3) is 0 Å². The molecule has 0 aromatic heterocycles. The van der Waals surface area contributed by atoms with Gasteiger partial charge in [0.15, 0.2) is 0 Å². The summed E-state index contributed by atoms with van der Waals surface area (Å²) in [6, 6.07) is 0. The highest BCUT2D eigenvalue weighted by Crippen LogP contribution is 2.54. The second kappa shape index (κ2) is 10.8. The monoisotopic (exact) mass is 450 g/mol. The van der Waals surface area contributed by atoms with E-state index in [2.05, 4.69) is 0 Å². The molecule has 0 fully saturated rings. The van der Waals surface area contributed by atoms with E-state index in [1.54, 1.807) is 6.92 Å². The fourth-order valence-corrected chi connectivity index (χ4v) is 3.23. The number of ether oxygens (including phenoxy) is 1. The molecule has 0 saturated heterocycles. The molecule has 1 atom stereocenters. The Morgan fingerprint density at radius 1 is 0.893 bits per heavy atom. The van der Waals surface area contributed by atoms with Crippen LogP contribution in [0.5, 0.6) is 0 Å². The molecule has 12 heteroatoms. The zero-order chi connectivity index (χ0) is 22.2. The molecule has 0 saturated carbocycles. The van der Waals surface area contributed by atoms with E-state index in [0.717, 1.165) is 18.2 Å². The highest BCUT2D eigenvalue weighted by Gasteiger charge is 2.81. The first-order valence-corrected chi connectivity index (χ1v) is 9.69. The molecular weight excluding hydrogens is 427 g/mol. The van der Waals surface area contributed by atoms with Crippen LogP contribution in [0.4, 0.5) is 39.5 Å². The Bertz CT molecular complexity index is 481. The Labute approximate surface area is 161 Å². The Hall–Kier alpha value is -0.810. The Morgan fingerprint density at radius 3 is 1.93 bits per heavy atom. The van der Waals surface area contributed by atoms with Crippen LogP contribution < -0.4 is 0 Å². The van der Waals surface area contributed by atoms with Gasteiger partial charge in [0.05, 0.1) is 6.61 Å². The van der Waals surface area contributed by atoms with Gasteiger partial charge in [-0.05, 0) is 25.0 Å². The van der Waals surface area contributed by atoms with Gasteiger partial charge >= 0.3 is 29.9 Å². The number of carbonyl (C=O) groups is 1. The van der Waals surface area contributed by atoms with Crippen molar-refractivity contribution in [1.82, 2.24) is 0 Å². The summed E-state index contributed by atoms with van der Waals surface area (Å²) >= 11 is 0.814. The summed E-state index contributed by atoms with van der Waals surface area (Å²) in [5.41, 5.74) is 0. The molecule has 0 aromatic rings. The summed E-state index contributed by atoms with van der Waals surface area (Å²) in [5, 5.41) is -0.757. The quantitative estimate of drug-likeness (QED) is 0.183. The number of unbranched alkanes of at least 4 members (excludes halogenated alkanes) is 1. The third-order valence-corrected chi connectivity index (χ3v) is 5.07. The molecular formula is C16H23F9O2S. The Balaban J connectivity index is 4.79. The first-order valence-electron chi connectivity index (χ1n) is 8.64. The standard InChI is InChI=1S/C16H23F9O2S/c1-3-5-9-27-12(26)11(7-4-2)28-10-6-8-13(17,18)14(19,20)15(21,22)16(23,24)25/h11H,3-10H2,1-2H3. The second-order valence-corrected chi connectivity index (χ2v) is 7.43. The molecule has 0 aliphatic heterocycles. The summed E-state index contributed by atoms with van der Waals surface area (Å²) < 4.78 is 120. The summed E-state index contributed by atoms with van der Waals surface area (Å²) in [6.07, 6.45) is -7.26. The summed E-state index contributed by atoms with van der Waals surface area (Å²) in [7, 11) is 0. The highest BCUT2D eigenvalue weighted by atomic mass is 32.2. The van der Waals surface area contributed by atoms with Gasteiger partial charge in [-0.2, -0.15) is 39.5 Å². The maximum absolute atomic E-state index is 13.4. The minimum absolute atomic E-state index is 0.160. The van der Waals surface area contributed by atoms with Gasteiger partial charge in [0.1, 0.15) is 5.25 Å². The molecule has 28 heavy (non-hydrogen) atoms. The average molecular weight is 450 g/mol. The smallest absolute Gasteiger partial charge is 0.460 e. The lowest BCUT2D eigenvalue weighted by Gasteiger charge is -2.33. The Morgan fingerprint density at radius 2 is 1.46 bits per heavy atom. The number of alkyl halides is 9. The normalized spacial score (nSPS) is 14.8. The van der Waals surface area contributed by atoms with E-state index in [4.69, 9.17) is 4.74 Å². The van der Waals surface area contributed by atoms with Crippen molar-refractivity contribution in [3.8, 4) is 0 Å². The molecule has 0 heterocycles. The minimum atomic E-state index is -6.87. The number of hydrogen-bond donors (Lipinski definition) is 0. The van der Waals surface area contributed by atoms with Gasteiger partial charge < -0.3 is 4.74 Å². The summed E-state index contributed by atoms with van der Waals surface area (Å²) in [4.78, 5) is 11.9. The zero-order valence-electron chi connectivity index (χ0n) is 15.4. The number of hydrogen-bond acceptors (Lipinski definition) is 3. The first kappa shape index (κ1) is 27.2. The lowest BCUT2D eigenvalue weighted by atomic mass is 10.00. The van der Waals surface area contributed by atoms with Crippen LogP contribution in [-0.4, -0.2) is 47.5 Å². The van der Waals surface area contributed by atoms with Gasteiger partial charge in [-0.25, -0.2) is 0 Å². The molecule has 2 nitrogen and oxygen atoms in total. The lowest BCUT2D eigenvalue weighted by molar-refractivity contribution is -0.396. The van der Waals surface area contributed by atoms with Crippen LogP contribution >= 0.6 is 11.8 Å². The number of thioether (sulfide) groups is 1. The van der Waals surface area contributed by atoms with Crippen molar-refractivity contribution in [3.05, 3.63) is 0 Å². The van der Waals surface area contributed by atoms with Gasteiger partial charge in [-0.1, -0.05) is 26.7 Å². The molecule has 0 rings (SSSR count). The van der Waals surface area contributed by atoms with Crippen molar-refractivity contribution in [3.63, 3.8) is 0 Å². The number of carbonyl (C=O) groups excluding carboxylic acids is 1. The van der Waals surface area contributed by atoms with E-state index in [1.807, 2.05) is 6.92 Å². The minimum Gasteiger partial charge on any atom is -0.465 e. The predicted octanol–water partition coefficient (Wildman–Crippen LogP) is 6.48. The van der Waals surface area contributed by atoms with Gasteiger partial charge in [-0.3, -0.25) is 4.79 Å². The fraction of sp³-hybridized carbons (Fsp3) is 0.938. The molecule has 0 bridgehead atoms. The van der Waals surface area contributed by atoms with Crippen LogP contribution in [0.1, 0.15) is 52.4 Å². The highest BCUT2D eigenvalue weighted by molar-refractivity contribution is 8.00. The van der Waals surface area contributed by atoms with Gasteiger partial charge in [-0.15, -0.1) is 11.8 Å².